The van der Waals surface area contributed by atoms with Gasteiger partial charge in [-0.2, -0.15) is 0 Å². The average molecular weight is 253 g/mol. The molecule has 0 spiro atoms. The Morgan fingerprint density at radius 3 is 2.17 bits per heavy atom. The first-order valence-corrected chi connectivity index (χ1v) is 7.74. The van der Waals surface area contributed by atoms with Gasteiger partial charge >= 0.3 is 0 Å². The molecule has 2 aliphatic rings. The SMILES string of the molecule is CC(C)(C)N1CCC(CCN2CCNCC2)CC1. The minimum Gasteiger partial charge on any atom is -0.314 e. The van der Waals surface area contributed by atoms with E-state index in [1.165, 1.54) is 65.1 Å². The van der Waals surface area contributed by atoms with Crippen LogP contribution in [-0.2, 0) is 0 Å². The van der Waals surface area contributed by atoms with Crippen LogP contribution in [0.3, 0.4) is 0 Å². The molecule has 2 fully saturated rings. The Morgan fingerprint density at radius 2 is 1.61 bits per heavy atom. The fourth-order valence-electron chi connectivity index (χ4n) is 3.19. The molecule has 0 saturated carbocycles. The summed E-state index contributed by atoms with van der Waals surface area (Å²) >= 11 is 0. The van der Waals surface area contributed by atoms with Gasteiger partial charge in [-0.05, 0) is 65.6 Å². The zero-order valence-corrected chi connectivity index (χ0v) is 12.5. The van der Waals surface area contributed by atoms with E-state index in [1.54, 1.807) is 0 Å². The molecule has 0 aromatic rings. The second-order valence-corrected chi connectivity index (χ2v) is 6.98. The maximum atomic E-state index is 3.43. The van der Waals surface area contributed by atoms with Gasteiger partial charge in [0.1, 0.15) is 0 Å². The molecule has 18 heavy (non-hydrogen) atoms. The van der Waals surface area contributed by atoms with Crippen LogP contribution in [0.15, 0.2) is 0 Å². The van der Waals surface area contributed by atoms with Crippen LogP contribution in [0.4, 0.5) is 0 Å². The number of rotatable bonds is 3. The number of likely N-dealkylation sites (tertiary alicyclic amines) is 1. The highest BCUT2D eigenvalue weighted by molar-refractivity contribution is 4.82. The number of hydrogen-bond acceptors (Lipinski definition) is 3. The molecule has 2 saturated heterocycles. The third-order valence-electron chi connectivity index (χ3n) is 4.63. The summed E-state index contributed by atoms with van der Waals surface area (Å²) in [7, 11) is 0. The molecular formula is C15H31N3. The fourth-order valence-corrected chi connectivity index (χ4v) is 3.19. The van der Waals surface area contributed by atoms with Gasteiger partial charge in [-0.3, -0.25) is 4.90 Å². The second kappa shape index (κ2) is 6.36. The van der Waals surface area contributed by atoms with Gasteiger partial charge in [-0.25, -0.2) is 0 Å². The van der Waals surface area contributed by atoms with Crippen molar-refractivity contribution >= 4 is 0 Å². The minimum absolute atomic E-state index is 0.365. The topological polar surface area (TPSA) is 18.5 Å². The van der Waals surface area contributed by atoms with E-state index in [9.17, 15) is 0 Å². The van der Waals surface area contributed by atoms with Crippen LogP contribution in [0, 0.1) is 5.92 Å². The summed E-state index contributed by atoms with van der Waals surface area (Å²) in [5, 5.41) is 3.43. The third-order valence-corrected chi connectivity index (χ3v) is 4.63. The van der Waals surface area contributed by atoms with E-state index in [1.807, 2.05) is 0 Å². The van der Waals surface area contributed by atoms with Crippen molar-refractivity contribution in [2.45, 2.75) is 45.6 Å². The van der Waals surface area contributed by atoms with Gasteiger partial charge in [-0.1, -0.05) is 0 Å². The second-order valence-electron chi connectivity index (χ2n) is 6.98. The number of piperidine rings is 1. The largest absolute Gasteiger partial charge is 0.314 e. The zero-order chi connectivity index (χ0) is 13.0. The number of nitrogens with zero attached hydrogens (tertiary/aromatic N) is 2. The fraction of sp³-hybridized carbons (Fsp3) is 1.00. The highest BCUT2D eigenvalue weighted by Gasteiger charge is 2.26. The molecule has 106 valence electrons. The van der Waals surface area contributed by atoms with Crippen molar-refractivity contribution < 1.29 is 0 Å². The Bertz CT molecular complexity index is 233. The van der Waals surface area contributed by atoms with Crippen molar-refractivity contribution in [2.75, 3.05) is 45.8 Å². The van der Waals surface area contributed by atoms with Crippen LogP contribution in [0.2, 0.25) is 0 Å². The normalized spacial score (nSPS) is 25.5. The van der Waals surface area contributed by atoms with Gasteiger partial charge in [0.25, 0.3) is 0 Å². The van der Waals surface area contributed by atoms with Crippen molar-refractivity contribution in [3.63, 3.8) is 0 Å². The van der Waals surface area contributed by atoms with Crippen LogP contribution < -0.4 is 5.32 Å². The van der Waals surface area contributed by atoms with Gasteiger partial charge in [0.15, 0.2) is 0 Å². The summed E-state index contributed by atoms with van der Waals surface area (Å²) in [6, 6.07) is 0. The lowest BCUT2D eigenvalue weighted by Crippen LogP contribution is -2.47. The highest BCUT2D eigenvalue weighted by atomic mass is 15.2. The Kier molecular flexibility index (Phi) is 5.05. The van der Waals surface area contributed by atoms with Crippen LogP contribution in [-0.4, -0.2) is 61.2 Å². The Labute approximate surface area is 113 Å². The molecule has 2 rings (SSSR count). The lowest BCUT2D eigenvalue weighted by atomic mass is 9.90. The molecule has 0 unspecified atom stereocenters. The van der Waals surface area contributed by atoms with E-state index in [-0.39, 0.29) is 0 Å². The first-order valence-electron chi connectivity index (χ1n) is 7.74. The monoisotopic (exact) mass is 253 g/mol. The van der Waals surface area contributed by atoms with E-state index in [0.29, 0.717) is 5.54 Å². The van der Waals surface area contributed by atoms with Crippen LogP contribution >= 0.6 is 0 Å². The summed E-state index contributed by atoms with van der Waals surface area (Å²) in [6.07, 6.45) is 4.23. The predicted octanol–water partition coefficient (Wildman–Crippen LogP) is 1.79. The van der Waals surface area contributed by atoms with Gasteiger partial charge in [-0.15, -0.1) is 0 Å². The number of piperazine rings is 1. The maximum Gasteiger partial charge on any atom is 0.0125 e. The van der Waals surface area contributed by atoms with Crippen molar-refractivity contribution in [1.82, 2.24) is 15.1 Å². The summed E-state index contributed by atoms with van der Waals surface area (Å²) in [5.74, 6) is 0.971. The molecule has 2 heterocycles. The zero-order valence-electron chi connectivity index (χ0n) is 12.5. The molecule has 0 aromatic carbocycles. The van der Waals surface area contributed by atoms with E-state index >= 15 is 0 Å². The summed E-state index contributed by atoms with van der Waals surface area (Å²) < 4.78 is 0. The first-order chi connectivity index (χ1) is 8.55. The highest BCUT2D eigenvalue weighted by Crippen LogP contribution is 2.25. The molecule has 3 heteroatoms. The molecule has 1 N–H and O–H groups in total. The standard InChI is InChI=1S/C15H31N3/c1-15(2,3)18-10-5-14(6-11-18)4-9-17-12-7-16-8-13-17/h14,16H,4-13H2,1-3H3. The van der Waals surface area contributed by atoms with Crippen molar-refractivity contribution in [2.24, 2.45) is 5.92 Å². The average Bonchev–Trinajstić information content (AvgIpc) is 2.37. The Morgan fingerprint density at radius 1 is 1.00 bits per heavy atom. The smallest absolute Gasteiger partial charge is 0.0125 e. The predicted molar refractivity (Wildman–Crippen MR) is 78.0 cm³/mol. The Balaban J connectivity index is 1.64. The molecule has 3 nitrogen and oxygen atoms in total. The first kappa shape index (κ1) is 14.3. The van der Waals surface area contributed by atoms with E-state index < -0.39 is 0 Å². The van der Waals surface area contributed by atoms with Gasteiger partial charge in [0.05, 0.1) is 0 Å². The van der Waals surface area contributed by atoms with Crippen LogP contribution in [0.25, 0.3) is 0 Å². The van der Waals surface area contributed by atoms with Crippen LogP contribution in [0.1, 0.15) is 40.0 Å². The lowest BCUT2D eigenvalue weighted by Gasteiger charge is -2.41. The molecule has 0 bridgehead atoms. The molecular weight excluding hydrogens is 222 g/mol. The van der Waals surface area contributed by atoms with Crippen LogP contribution in [0.5, 0.6) is 0 Å². The summed E-state index contributed by atoms with van der Waals surface area (Å²) in [6.45, 7) is 15.8. The molecule has 0 aromatic heterocycles. The number of hydrogen-bond donors (Lipinski definition) is 1. The van der Waals surface area contributed by atoms with Gasteiger partial charge < -0.3 is 10.2 Å². The van der Waals surface area contributed by atoms with Gasteiger partial charge in [0, 0.05) is 31.7 Å². The minimum atomic E-state index is 0.365. The quantitative estimate of drug-likeness (QED) is 0.827. The van der Waals surface area contributed by atoms with E-state index in [4.69, 9.17) is 0 Å². The Hall–Kier alpha value is -0.120. The summed E-state index contributed by atoms with van der Waals surface area (Å²) in [5.41, 5.74) is 0.365. The number of nitrogens with one attached hydrogen (secondary N) is 1. The molecule has 2 aliphatic heterocycles. The molecule has 0 atom stereocenters. The molecule has 0 amide bonds. The molecule has 0 aliphatic carbocycles. The van der Waals surface area contributed by atoms with E-state index in [2.05, 4.69) is 35.9 Å². The summed E-state index contributed by atoms with van der Waals surface area (Å²) in [4.78, 5) is 5.28. The van der Waals surface area contributed by atoms with Crippen molar-refractivity contribution in [3.05, 3.63) is 0 Å². The molecule has 0 radical (unpaired) electrons. The maximum absolute atomic E-state index is 3.43. The third kappa shape index (κ3) is 4.22. The van der Waals surface area contributed by atoms with Crippen molar-refractivity contribution in [3.8, 4) is 0 Å². The van der Waals surface area contributed by atoms with E-state index in [0.717, 1.165) is 5.92 Å². The van der Waals surface area contributed by atoms with Gasteiger partial charge in [0.2, 0.25) is 0 Å². The lowest BCUT2D eigenvalue weighted by molar-refractivity contribution is 0.0810. The van der Waals surface area contributed by atoms with Crippen molar-refractivity contribution in [1.29, 1.82) is 0 Å².